The smallest absolute Gasteiger partial charge is 0.0536 e. The lowest BCUT2D eigenvalue weighted by Crippen LogP contribution is -2.69. The molecule has 1 saturated carbocycles. The molecule has 1 aliphatic heterocycles. The fourth-order valence-corrected chi connectivity index (χ4v) is 4.01. The first-order valence-corrected chi connectivity index (χ1v) is 8.59. The third-order valence-electron chi connectivity index (χ3n) is 5.96. The second-order valence-corrected chi connectivity index (χ2v) is 7.17. The Bertz CT molecular complexity index is 447. The quantitative estimate of drug-likeness (QED) is 0.874. The predicted octanol–water partition coefficient (Wildman–Crippen LogP) is 2.52. The molecule has 2 heterocycles. The van der Waals surface area contributed by atoms with Crippen molar-refractivity contribution in [2.24, 2.45) is 5.92 Å². The van der Waals surface area contributed by atoms with Gasteiger partial charge in [0.05, 0.1) is 6.54 Å². The Kier molecular flexibility index (Phi) is 4.10. The first-order chi connectivity index (χ1) is 10.1. The molecule has 1 aliphatic carbocycles. The van der Waals surface area contributed by atoms with Crippen molar-refractivity contribution in [1.29, 1.82) is 0 Å². The molecule has 1 atom stereocenters. The molecule has 118 valence electrons. The van der Waals surface area contributed by atoms with Gasteiger partial charge in [-0.1, -0.05) is 13.8 Å². The van der Waals surface area contributed by atoms with E-state index in [1.807, 2.05) is 12.3 Å². The van der Waals surface area contributed by atoms with E-state index in [0.717, 1.165) is 25.6 Å². The number of hydrogen-bond acceptors (Lipinski definition) is 3. The molecule has 1 aromatic rings. The van der Waals surface area contributed by atoms with Gasteiger partial charge in [-0.25, -0.2) is 0 Å². The number of aromatic nitrogens is 2. The summed E-state index contributed by atoms with van der Waals surface area (Å²) < 4.78 is 2.06. The maximum atomic E-state index is 4.36. The summed E-state index contributed by atoms with van der Waals surface area (Å²) in [6.07, 6.45) is 9.19. The van der Waals surface area contributed by atoms with Crippen LogP contribution >= 0.6 is 0 Å². The van der Waals surface area contributed by atoms with Crippen LogP contribution in [0.25, 0.3) is 0 Å². The monoisotopic (exact) mass is 290 g/mol. The zero-order valence-corrected chi connectivity index (χ0v) is 13.8. The van der Waals surface area contributed by atoms with E-state index in [2.05, 4.69) is 47.0 Å². The Labute approximate surface area is 128 Å². The predicted molar refractivity (Wildman–Crippen MR) is 86.2 cm³/mol. The summed E-state index contributed by atoms with van der Waals surface area (Å²) in [4.78, 5) is 2.75. The normalized spacial score (nSPS) is 29.7. The van der Waals surface area contributed by atoms with Crippen LogP contribution in [0.1, 0.15) is 46.5 Å². The zero-order valence-electron chi connectivity index (χ0n) is 13.8. The molecule has 0 amide bonds. The van der Waals surface area contributed by atoms with Crippen molar-refractivity contribution in [3.05, 3.63) is 18.5 Å². The Hall–Kier alpha value is -0.870. The van der Waals surface area contributed by atoms with Crippen molar-refractivity contribution >= 4 is 0 Å². The summed E-state index contributed by atoms with van der Waals surface area (Å²) in [7, 11) is 0. The summed E-state index contributed by atoms with van der Waals surface area (Å²) in [5, 5.41) is 8.27. The topological polar surface area (TPSA) is 33.1 Å². The van der Waals surface area contributed by atoms with Crippen molar-refractivity contribution in [1.82, 2.24) is 20.0 Å². The Balaban J connectivity index is 1.72. The number of piperazine rings is 1. The minimum atomic E-state index is 0.317. The van der Waals surface area contributed by atoms with E-state index in [4.69, 9.17) is 0 Å². The van der Waals surface area contributed by atoms with Gasteiger partial charge in [-0.3, -0.25) is 9.58 Å². The number of nitrogens with one attached hydrogen (secondary N) is 1. The third-order valence-corrected chi connectivity index (χ3v) is 5.96. The Morgan fingerprint density at radius 3 is 2.57 bits per heavy atom. The molecule has 2 fully saturated rings. The second kappa shape index (κ2) is 5.73. The number of hydrogen-bond donors (Lipinski definition) is 1. The molecule has 1 N–H and O–H groups in total. The highest BCUT2D eigenvalue weighted by molar-refractivity contribution is 5.08. The molecule has 1 saturated heterocycles. The molecule has 3 rings (SSSR count). The van der Waals surface area contributed by atoms with Crippen LogP contribution in [0, 0.1) is 5.92 Å². The van der Waals surface area contributed by atoms with Crippen LogP contribution in [-0.4, -0.2) is 45.4 Å². The van der Waals surface area contributed by atoms with Gasteiger partial charge in [0, 0.05) is 43.1 Å². The molecular weight excluding hydrogens is 260 g/mol. The maximum absolute atomic E-state index is 4.36. The van der Waals surface area contributed by atoms with Gasteiger partial charge >= 0.3 is 0 Å². The minimum Gasteiger partial charge on any atom is -0.308 e. The van der Waals surface area contributed by atoms with E-state index in [-0.39, 0.29) is 0 Å². The maximum Gasteiger partial charge on any atom is 0.0536 e. The van der Waals surface area contributed by atoms with Crippen LogP contribution in [0.5, 0.6) is 0 Å². The zero-order chi connectivity index (χ0) is 14.9. The van der Waals surface area contributed by atoms with Crippen molar-refractivity contribution in [3.8, 4) is 0 Å². The van der Waals surface area contributed by atoms with Crippen LogP contribution in [-0.2, 0) is 6.54 Å². The van der Waals surface area contributed by atoms with Gasteiger partial charge in [0.25, 0.3) is 0 Å². The Morgan fingerprint density at radius 2 is 2.00 bits per heavy atom. The van der Waals surface area contributed by atoms with Crippen LogP contribution in [0.3, 0.4) is 0 Å². The van der Waals surface area contributed by atoms with Gasteiger partial charge in [0.15, 0.2) is 0 Å². The molecule has 4 heteroatoms. The van der Waals surface area contributed by atoms with Crippen LogP contribution in [0.15, 0.2) is 18.5 Å². The van der Waals surface area contributed by atoms with Gasteiger partial charge in [0.1, 0.15) is 0 Å². The van der Waals surface area contributed by atoms with Crippen LogP contribution in [0.4, 0.5) is 0 Å². The molecule has 0 aromatic carbocycles. The van der Waals surface area contributed by atoms with E-state index in [1.165, 1.54) is 32.2 Å². The first kappa shape index (κ1) is 15.0. The van der Waals surface area contributed by atoms with E-state index >= 15 is 0 Å². The van der Waals surface area contributed by atoms with Gasteiger partial charge in [-0.05, 0) is 44.6 Å². The molecule has 1 aromatic heterocycles. The minimum absolute atomic E-state index is 0.317. The van der Waals surface area contributed by atoms with E-state index < -0.39 is 0 Å². The third kappa shape index (κ3) is 2.88. The SMILES string of the molecule is CCC1(CC)CNC(C)(C2CC2)CN1CCn1cccn1. The molecule has 21 heavy (non-hydrogen) atoms. The summed E-state index contributed by atoms with van der Waals surface area (Å²) >= 11 is 0. The lowest BCUT2D eigenvalue weighted by Gasteiger charge is -2.54. The lowest BCUT2D eigenvalue weighted by molar-refractivity contribution is -0.00611. The average Bonchev–Trinajstić information content (AvgIpc) is 3.24. The van der Waals surface area contributed by atoms with Gasteiger partial charge in [-0.15, -0.1) is 0 Å². The van der Waals surface area contributed by atoms with E-state index in [0.29, 0.717) is 11.1 Å². The molecule has 0 bridgehead atoms. The van der Waals surface area contributed by atoms with Crippen LogP contribution in [0.2, 0.25) is 0 Å². The van der Waals surface area contributed by atoms with Crippen molar-refractivity contribution in [2.75, 3.05) is 19.6 Å². The first-order valence-electron chi connectivity index (χ1n) is 8.59. The van der Waals surface area contributed by atoms with Crippen molar-refractivity contribution in [2.45, 2.75) is 64.1 Å². The molecule has 0 spiro atoms. The number of rotatable bonds is 6. The molecular formula is C17H30N4. The van der Waals surface area contributed by atoms with Crippen molar-refractivity contribution in [3.63, 3.8) is 0 Å². The highest BCUT2D eigenvalue weighted by Gasteiger charge is 2.49. The summed E-state index contributed by atoms with van der Waals surface area (Å²) in [6, 6.07) is 2.01. The fraction of sp³-hybridized carbons (Fsp3) is 0.824. The Morgan fingerprint density at radius 1 is 1.24 bits per heavy atom. The fourth-order valence-electron chi connectivity index (χ4n) is 4.01. The highest BCUT2D eigenvalue weighted by Crippen LogP contribution is 2.43. The van der Waals surface area contributed by atoms with E-state index in [1.54, 1.807) is 0 Å². The average molecular weight is 290 g/mol. The lowest BCUT2D eigenvalue weighted by atomic mass is 9.81. The second-order valence-electron chi connectivity index (χ2n) is 7.17. The molecule has 4 nitrogen and oxygen atoms in total. The van der Waals surface area contributed by atoms with Crippen molar-refractivity contribution < 1.29 is 0 Å². The van der Waals surface area contributed by atoms with Gasteiger partial charge < -0.3 is 5.32 Å². The highest BCUT2D eigenvalue weighted by atomic mass is 15.3. The van der Waals surface area contributed by atoms with Crippen LogP contribution < -0.4 is 5.32 Å². The standard InChI is InChI=1S/C17H30N4/c1-4-17(5-2)13-18-16(3,15-7-8-15)14-20(17)11-12-21-10-6-9-19-21/h6,9-10,15,18H,4-5,7-8,11-14H2,1-3H3. The van der Waals surface area contributed by atoms with E-state index in [9.17, 15) is 0 Å². The summed E-state index contributed by atoms with van der Waals surface area (Å²) in [5.74, 6) is 0.886. The number of nitrogens with zero attached hydrogens (tertiary/aromatic N) is 3. The molecule has 2 aliphatic rings. The molecule has 1 unspecified atom stereocenters. The molecule has 0 radical (unpaired) electrons. The summed E-state index contributed by atoms with van der Waals surface area (Å²) in [6.45, 7) is 11.5. The van der Waals surface area contributed by atoms with Gasteiger partial charge in [-0.2, -0.15) is 5.10 Å². The summed E-state index contributed by atoms with van der Waals surface area (Å²) in [5.41, 5.74) is 0.638. The largest absolute Gasteiger partial charge is 0.308 e. The van der Waals surface area contributed by atoms with Gasteiger partial charge in [0.2, 0.25) is 0 Å².